The van der Waals surface area contributed by atoms with Gasteiger partial charge in [-0.15, -0.1) is 0 Å². The molecular weight excluding hydrogens is 1370 g/mol. The van der Waals surface area contributed by atoms with Crippen LogP contribution in [0.15, 0.2) is 0 Å². The van der Waals surface area contributed by atoms with Crippen LogP contribution in [0, 0.1) is 11.8 Å². The van der Waals surface area contributed by atoms with Gasteiger partial charge in [-0.2, -0.15) is 0 Å². The average molecular weight is 1540 g/mol. The third-order valence-corrected chi connectivity index (χ3v) is 22.1. The van der Waals surface area contributed by atoms with Crippen molar-refractivity contribution in [3.05, 3.63) is 0 Å². The molecule has 624 valence electrons. The van der Waals surface area contributed by atoms with Crippen LogP contribution in [0.5, 0.6) is 0 Å². The second kappa shape index (κ2) is 77.4. The van der Waals surface area contributed by atoms with Crippen LogP contribution in [-0.4, -0.2) is 96.7 Å². The Morgan fingerprint density at radius 3 is 0.648 bits per heavy atom. The second-order valence-corrected chi connectivity index (χ2v) is 34.8. The van der Waals surface area contributed by atoms with E-state index in [1.165, 1.54) is 276 Å². The molecule has 0 aromatic carbocycles. The molecule has 0 fully saturated rings. The Labute approximate surface area is 645 Å². The van der Waals surface area contributed by atoms with Crippen LogP contribution in [0.3, 0.4) is 0 Å². The van der Waals surface area contributed by atoms with E-state index in [1.54, 1.807) is 0 Å². The van der Waals surface area contributed by atoms with Gasteiger partial charge in [-0.3, -0.25) is 37.3 Å². The third-order valence-electron chi connectivity index (χ3n) is 20.2. The van der Waals surface area contributed by atoms with Crippen molar-refractivity contribution < 1.29 is 80.2 Å². The Morgan fingerprint density at radius 1 is 0.257 bits per heavy atom. The monoisotopic (exact) mass is 1540 g/mol. The number of ether oxygens (including phenoxy) is 4. The highest BCUT2D eigenvalue weighted by atomic mass is 31.2. The number of rotatable bonds is 85. The Kier molecular flexibility index (Phi) is 76.0. The van der Waals surface area contributed by atoms with Gasteiger partial charge >= 0.3 is 39.5 Å². The van der Waals surface area contributed by atoms with Crippen molar-refractivity contribution >= 4 is 39.5 Å². The Hall–Kier alpha value is -1.94. The largest absolute Gasteiger partial charge is 0.472 e. The van der Waals surface area contributed by atoms with Crippen molar-refractivity contribution in [2.75, 3.05) is 39.6 Å². The number of carbonyl (C=O) groups is 4. The maximum Gasteiger partial charge on any atom is 0.472 e. The number of carbonyl (C=O) groups excluding carboxylic acids is 4. The number of phosphoric ester groups is 2. The molecule has 0 aliphatic carbocycles. The number of unbranched alkanes of at least 4 members (excludes halogenated alkanes) is 55. The molecule has 0 aliphatic rings. The van der Waals surface area contributed by atoms with Crippen LogP contribution in [0.4, 0.5) is 0 Å². The SMILES string of the molecule is CCCCCCCCCCCCCCCCCCC(=O)O[C@H](COC(=O)CCCCCCCCCCC)COP(=O)(O)OC[C@H](O)COP(=O)(O)OC[C@@H](COC(=O)CCCCCCCCCCCCCCCCCCC(C)C)OC(=O)CCCCCCCCCCCCCCCCCCCCC(C)C. The van der Waals surface area contributed by atoms with Gasteiger partial charge in [0.05, 0.1) is 26.4 Å². The van der Waals surface area contributed by atoms with Crippen LogP contribution in [0.25, 0.3) is 0 Å². The molecule has 0 rings (SSSR count). The molecule has 0 radical (unpaired) electrons. The summed E-state index contributed by atoms with van der Waals surface area (Å²) in [6, 6.07) is 0. The predicted octanol–water partition coefficient (Wildman–Crippen LogP) is 26.2. The Balaban J connectivity index is 5.21. The van der Waals surface area contributed by atoms with Gasteiger partial charge in [0, 0.05) is 25.7 Å². The van der Waals surface area contributed by atoms with E-state index in [9.17, 15) is 43.2 Å². The molecule has 5 atom stereocenters. The smallest absolute Gasteiger partial charge is 0.462 e. The molecule has 2 unspecified atom stereocenters. The summed E-state index contributed by atoms with van der Waals surface area (Å²) in [6.45, 7) is 9.73. The summed E-state index contributed by atoms with van der Waals surface area (Å²) < 4.78 is 68.8. The molecule has 0 saturated carbocycles. The molecule has 0 saturated heterocycles. The van der Waals surface area contributed by atoms with Crippen LogP contribution in [0.1, 0.15) is 459 Å². The molecule has 17 nitrogen and oxygen atoms in total. The zero-order chi connectivity index (χ0) is 77.1. The van der Waals surface area contributed by atoms with E-state index >= 15 is 0 Å². The van der Waals surface area contributed by atoms with E-state index in [2.05, 4.69) is 41.5 Å². The topological polar surface area (TPSA) is 237 Å². The van der Waals surface area contributed by atoms with Crippen molar-refractivity contribution in [3.63, 3.8) is 0 Å². The zero-order valence-corrected chi connectivity index (χ0v) is 70.8. The van der Waals surface area contributed by atoms with Gasteiger partial charge in [0.2, 0.25) is 0 Å². The molecule has 0 amide bonds. The van der Waals surface area contributed by atoms with Gasteiger partial charge in [0.25, 0.3) is 0 Å². The first-order valence-corrected chi connectivity index (χ1v) is 47.5. The number of hydrogen-bond acceptors (Lipinski definition) is 15. The minimum atomic E-state index is -4.97. The minimum Gasteiger partial charge on any atom is -0.462 e. The lowest BCUT2D eigenvalue weighted by Gasteiger charge is -2.21. The molecular formula is C86H168O17P2. The number of esters is 4. The third kappa shape index (κ3) is 79.9. The fourth-order valence-corrected chi connectivity index (χ4v) is 15.0. The van der Waals surface area contributed by atoms with Crippen LogP contribution in [-0.2, 0) is 65.4 Å². The first-order chi connectivity index (χ1) is 50.9. The molecule has 105 heavy (non-hydrogen) atoms. The number of hydrogen-bond donors (Lipinski definition) is 3. The minimum absolute atomic E-state index is 0.109. The first-order valence-electron chi connectivity index (χ1n) is 44.5. The molecule has 19 heteroatoms. The zero-order valence-electron chi connectivity index (χ0n) is 69.0. The second-order valence-electron chi connectivity index (χ2n) is 31.9. The summed E-state index contributed by atoms with van der Waals surface area (Å²) in [5, 5.41) is 10.7. The van der Waals surface area contributed by atoms with Gasteiger partial charge < -0.3 is 33.8 Å². The van der Waals surface area contributed by atoms with E-state index in [0.717, 1.165) is 102 Å². The molecule has 0 aliphatic heterocycles. The van der Waals surface area contributed by atoms with Gasteiger partial charge in [0.15, 0.2) is 12.2 Å². The lowest BCUT2D eigenvalue weighted by molar-refractivity contribution is -0.161. The van der Waals surface area contributed by atoms with E-state index in [1.807, 2.05) is 0 Å². The fraction of sp³-hybridized carbons (Fsp3) is 0.953. The molecule has 0 aromatic heterocycles. The highest BCUT2D eigenvalue weighted by Crippen LogP contribution is 2.45. The van der Waals surface area contributed by atoms with E-state index in [0.29, 0.717) is 25.7 Å². The van der Waals surface area contributed by atoms with E-state index < -0.39 is 97.5 Å². The Morgan fingerprint density at radius 2 is 0.438 bits per heavy atom. The maximum atomic E-state index is 13.1. The van der Waals surface area contributed by atoms with Gasteiger partial charge in [0.1, 0.15) is 19.3 Å². The summed E-state index contributed by atoms with van der Waals surface area (Å²) in [6.07, 6.45) is 69.4. The summed E-state index contributed by atoms with van der Waals surface area (Å²) in [4.78, 5) is 73.2. The summed E-state index contributed by atoms with van der Waals surface area (Å²) in [5.74, 6) is -0.469. The maximum absolute atomic E-state index is 13.1. The fourth-order valence-electron chi connectivity index (χ4n) is 13.4. The summed E-state index contributed by atoms with van der Waals surface area (Å²) in [5.41, 5.74) is 0. The van der Waals surface area contributed by atoms with Crippen molar-refractivity contribution in [2.45, 2.75) is 477 Å². The molecule has 0 bridgehead atoms. The normalized spacial score (nSPS) is 13.8. The average Bonchev–Trinajstić information content (AvgIpc) is 0.943. The molecule has 3 N–H and O–H groups in total. The summed E-state index contributed by atoms with van der Waals surface area (Å²) >= 11 is 0. The highest BCUT2D eigenvalue weighted by Gasteiger charge is 2.30. The number of aliphatic hydroxyl groups excluding tert-OH is 1. The van der Waals surface area contributed by atoms with Crippen molar-refractivity contribution in [3.8, 4) is 0 Å². The van der Waals surface area contributed by atoms with Gasteiger partial charge in [-0.1, -0.05) is 408 Å². The molecule has 0 heterocycles. The van der Waals surface area contributed by atoms with Crippen molar-refractivity contribution in [2.24, 2.45) is 11.8 Å². The van der Waals surface area contributed by atoms with Gasteiger partial charge in [-0.25, -0.2) is 9.13 Å². The van der Waals surface area contributed by atoms with Crippen molar-refractivity contribution in [1.82, 2.24) is 0 Å². The van der Waals surface area contributed by atoms with Crippen LogP contribution in [0.2, 0.25) is 0 Å². The highest BCUT2D eigenvalue weighted by molar-refractivity contribution is 7.47. The molecule has 0 spiro atoms. The Bertz CT molecular complexity index is 2010. The quantitative estimate of drug-likeness (QED) is 0.0222. The summed E-state index contributed by atoms with van der Waals surface area (Å²) in [7, 11) is -9.92. The van der Waals surface area contributed by atoms with Crippen LogP contribution >= 0.6 is 15.6 Å². The van der Waals surface area contributed by atoms with E-state index in [-0.39, 0.29) is 25.7 Å². The van der Waals surface area contributed by atoms with Crippen LogP contribution < -0.4 is 0 Å². The lowest BCUT2D eigenvalue weighted by Crippen LogP contribution is -2.30. The van der Waals surface area contributed by atoms with Crippen molar-refractivity contribution in [1.29, 1.82) is 0 Å². The number of phosphoric acid groups is 2. The standard InChI is InChI=1S/C86H168O17P2/c1-7-9-11-13-15-17-18-19-20-29-35-40-46-52-58-64-70-85(90)102-81(74-96-83(88)68-62-56-50-42-16-14-12-10-8-2)76-100-104(92,93)98-72-80(87)73-99-105(94,95)101-77-82(75-97-84(89)69-63-57-51-45-39-34-30-26-25-28-33-38-44-49-55-61-67-79(5)6)103-86(91)71-65-59-53-47-41-36-31-24-22-21-23-27-32-37-43-48-54-60-66-78(3)4/h78-82,87H,7-77H2,1-6H3,(H,92,93)(H,94,95)/t80-,81+,82+/m0/s1. The predicted molar refractivity (Wildman–Crippen MR) is 432 cm³/mol. The molecule has 0 aromatic rings. The number of aliphatic hydroxyl groups is 1. The first kappa shape index (κ1) is 103. The lowest BCUT2D eigenvalue weighted by atomic mass is 10.0. The van der Waals surface area contributed by atoms with E-state index in [4.69, 9.17) is 37.0 Å². The van der Waals surface area contributed by atoms with Gasteiger partial charge in [-0.05, 0) is 37.5 Å².